The average molecular weight is 478 g/mol. The van der Waals surface area contributed by atoms with Crippen LogP contribution < -0.4 is 14.8 Å². The van der Waals surface area contributed by atoms with Crippen LogP contribution in [0.25, 0.3) is 22.3 Å². The Labute approximate surface area is 201 Å². The summed E-state index contributed by atoms with van der Waals surface area (Å²) in [5.74, 6) is 1.26. The van der Waals surface area contributed by atoms with Crippen molar-refractivity contribution in [3.8, 4) is 22.9 Å². The molecule has 8 heteroatoms. The number of benzene rings is 3. The number of anilines is 1. The monoisotopic (exact) mass is 477 g/mol. The number of hydrogen-bond donors (Lipinski definition) is 1. The van der Waals surface area contributed by atoms with Crippen molar-refractivity contribution < 1.29 is 18.7 Å². The minimum atomic E-state index is -0.320. The molecular formula is C26H24FN3O3S. The van der Waals surface area contributed by atoms with Crippen LogP contribution in [0, 0.1) is 5.82 Å². The molecule has 0 saturated heterocycles. The number of amides is 1. The third kappa shape index (κ3) is 5.12. The molecule has 3 aromatic carbocycles. The first-order chi connectivity index (χ1) is 16.5. The number of carbonyl (C=O) groups is 1. The third-order valence-corrected chi connectivity index (χ3v) is 6.27. The molecule has 4 rings (SSSR count). The van der Waals surface area contributed by atoms with E-state index in [1.807, 2.05) is 18.2 Å². The first-order valence-corrected chi connectivity index (χ1v) is 11.7. The molecule has 1 heterocycles. The second-order valence-electron chi connectivity index (χ2n) is 7.43. The van der Waals surface area contributed by atoms with Crippen LogP contribution in [-0.4, -0.2) is 35.8 Å². The van der Waals surface area contributed by atoms with Crippen LogP contribution >= 0.6 is 11.8 Å². The highest BCUT2D eigenvalue weighted by Gasteiger charge is 2.15. The number of carbonyl (C=O) groups excluding carboxylic acids is 1. The Hall–Kier alpha value is -3.65. The molecule has 1 N–H and O–H groups in total. The van der Waals surface area contributed by atoms with E-state index in [-0.39, 0.29) is 17.5 Å². The van der Waals surface area contributed by atoms with Gasteiger partial charge in [0.1, 0.15) is 22.3 Å². The predicted molar refractivity (Wildman–Crippen MR) is 133 cm³/mol. The van der Waals surface area contributed by atoms with Crippen LogP contribution in [0.5, 0.6) is 11.5 Å². The first-order valence-electron chi connectivity index (χ1n) is 10.7. The quantitative estimate of drug-likeness (QED) is 0.257. The summed E-state index contributed by atoms with van der Waals surface area (Å²) in [4.78, 5) is 22.2. The van der Waals surface area contributed by atoms with E-state index in [1.54, 1.807) is 37.4 Å². The van der Waals surface area contributed by atoms with E-state index in [0.29, 0.717) is 33.6 Å². The lowest BCUT2D eigenvalue weighted by Crippen LogP contribution is -2.15. The zero-order valence-electron chi connectivity index (χ0n) is 19.1. The number of fused-ring (bicyclic) bond motifs is 1. The largest absolute Gasteiger partial charge is 0.497 e. The van der Waals surface area contributed by atoms with Crippen molar-refractivity contribution in [2.24, 2.45) is 0 Å². The summed E-state index contributed by atoms with van der Waals surface area (Å²) in [5, 5.41) is 4.45. The number of thioether (sulfide) groups is 1. The molecule has 0 saturated carbocycles. The minimum absolute atomic E-state index is 0.139. The molecule has 0 aliphatic rings. The Bertz CT molecular complexity index is 1330. The Balaban J connectivity index is 1.62. The number of nitrogens with zero attached hydrogens (tertiary/aromatic N) is 2. The topological polar surface area (TPSA) is 73.3 Å². The molecule has 1 aromatic heterocycles. The van der Waals surface area contributed by atoms with Crippen molar-refractivity contribution in [3.63, 3.8) is 0 Å². The third-order valence-electron chi connectivity index (χ3n) is 5.28. The Morgan fingerprint density at radius 1 is 1.03 bits per heavy atom. The van der Waals surface area contributed by atoms with Crippen molar-refractivity contribution in [3.05, 3.63) is 72.0 Å². The molecule has 174 valence electrons. The minimum Gasteiger partial charge on any atom is -0.497 e. The average Bonchev–Trinajstić information content (AvgIpc) is 2.87. The number of hydrogen-bond acceptors (Lipinski definition) is 6. The normalized spacial score (nSPS) is 10.8. The summed E-state index contributed by atoms with van der Waals surface area (Å²) >= 11 is 1.33. The maximum absolute atomic E-state index is 13.4. The van der Waals surface area contributed by atoms with Gasteiger partial charge >= 0.3 is 0 Å². The van der Waals surface area contributed by atoms with Crippen molar-refractivity contribution in [1.29, 1.82) is 0 Å². The Morgan fingerprint density at radius 2 is 1.82 bits per heavy atom. The van der Waals surface area contributed by atoms with E-state index in [1.165, 1.54) is 31.0 Å². The van der Waals surface area contributed by atoms with E-state index < -0.39 is 0 Å². The molecule has 34 heavy (non-hydrogen) atoms. The van der Waals surface area contributed by atoms with Crippen LogP contribution in [-0.2, 0) is 11.2 Å². The van der Waals surface area contributed by atoms with Gasteiger partial charge in [-0.3, -0.25) is 4.79 Å². The summed E-state index contributed by atoms with van der Waals surface area (Å²) in [5.41, 5.74) is 3.18. The number of aryl methyl sites for hydroxylation is 1. The summed E-state index contributed by atoms with van der Waals surface area (Å²) in [6.45, 7) is 2.07. The van der Waals surface area contributed by atoms with E-state index in [0.717, 1.165) is 22.9 Å². The molecule has 6 nitrogen and oxygen atoms in total. The lowest BCUT2D eigenvalue weighted by atomic mass is 10.1. The molecule has 0 spiro atoms. The molecular weight excluding hydrogens is 453 g/mol. The van der Waals surface area contributed by atoms with Crippen LogP contribution in [0.1, 0.15) is 12.5 Å². The van der Waals surface area contributed by atoms with Gasteiger partial charge in [0.25, 0.3) is 0 Å². The summed E-state index contributed by atoms with van der Waals surface area (Å²) < 4.78 is 24.0. The first kappa shape index (κ1) is 23.5. The van der Waals surface area contributed by atoms with Crippen LogP contribution in [0.15, 0.2) is 65.7 Å². The molecule has 0 bridgehead atoms. The van der Waals surface area contributed by atoms with E-state index in [4.69, 9.17) is 19.4 Å². The van der Waals surface area contributed by atoms with Crippen molar-refractivity contribution in [2.75, 3.05) is 25.3 Å². The fourth-order valence-electron chi connectivity index (χ4n) is 3.53. The predicted octanol–water partition coefficient (Wildman–Crippen LogP) is 5.75. The summed E-state index contributed by atoms with van der Waals surface area (Å²) in [7, 11) is 3.11. The van der Waals surface area contributed by atoms with E-state index >= 15 is 0 Å². The lowest BCUT2D eigenvalue weighted by molar-refractivity contribution is -0.113. The number of aromatic nitrogens is 2. The maximum Gasteiger partial charge on any atom is 0.234 e. The van der Waals surface area contributed by atoms with Gasteiger partial charge in [0.2, 0.25) is 5.91 Å². The standard InChI is InChI=1S/C26H24FN3O3S/c1-4-16-6-5-7-20-24(16)29-25(17-8-10-18(27)11-9-17)30-26(20)34-15-23(31)28-21-13-12-19(32-2)14-22(21)33-3/h5-14H,4,15H2,1-3H3,(H,28,31). The van der Waals surface area contributed by atoms with Gasteiger partial charge in [-0.2, -0.15) is 0 Å². The smallest absolute Gasteiger partial charge is 0.234 e. The fourth-order valence-corrected chi connectivity index (χ4v) is 4.34. The second-order valence-corrected chi connectivity index (χ2v) is 8.39. The molecule has 4 aromatic rings. The highest BCUT2D eigenvalue weighted by Crippen LogP contribution is 2.32. The van der Waals surface area contributed by atoms with Gasteiger partial charge in [-0.05, 0) is 48.4 Å². The van der Waals surface area contributed by atoms with Gasteiger partial charge in [0.05, 0.1) is 31.2 Å². The van der Waals surface area contributed by atoms with Crippen molar-refractivity contribution >= 4 is 34.3 Å². The number of para-hydroxylation sites is 1. The highest BCUT2D eigenvalue weighted by atomic mass is 32.2. The van der Waals surface area contributed by atoms with Crippen molar-refractivity contribution in [1.82, 2.24) is 9.97 Å². The van der Waals surface area contributed by atoms with Gasteiger partial charge in [-0.25, -0.2) is 14.4 Å². The molecule has 0 radical (unpaired) electrons. The molecule has 0 fully saturated rings. The summed E-state index contributed by atoms with van der Waals surface area (Å²) in [6.07, 6.45) is 0.805. The van der Waals surface area contributed by atoms with Crippen LogP contribution in [0.4, 0.5) is 10.1 Å². The van der Waals surface area contributed by atoms with Gasteiger partial charge in [-0.15, -0.1) is 0 Å². The van der Waals surface area contributed by atoms with Crippen LogP contribution in [0.3, 0.4) is 0 Å². The number of halogens is 1. The molecule has 1 amide bonds. The molecule has 0 atom stereocenters. The lowest BCUT2D eigenvalue weighted by Gasteiger charge is -2.13. The molecule has 0 aliphatic carbocycles. The number of ether oxygens (including phenoxy) is 2. The number of rotatable bonds is 8. The highest BCUT2D eigenvalue weighted by molar-refractivity contribution is 8.00. The number of methoxy groups -OCH3 is 2. The SMILES string of the molecule is CCc1cccc2c(SCC(=O)Nc3ccc(OC)cc3OC)nc(-c3ccc(F)cc3)nc12. The van der Waals surface area contributed by atoms with Crippen molar-refractivity contribution in [2.45, 2.75) is 18.4 Å². The van der Waals surface area contributed by atoms with Gasteiger partial charge in [0.15, 0.2) is 5.82 Å². The Kier molecular flexibility index (Phi) is 7.27. The van der Waals surface area contributed by atoms with E-state index in [2.05, 4.69) is 12.2 Å². The van der Waals surface area contributed by atoms with Gasteiger partial charge in [0, 0.05) is 17.0 Å². The van der Waals surface area contributed by atoms with Crippen LogP contribution in [0.2, 0.25) is 0 Å². The Morgan fingerprint density at radius 3 is 2.53 bits per heavy atom. The zero-order valence-corrected chi connectivity index (χ0v) is 19.9. The van der Waals surface area contributed by atoms with Gasteiger partial charge < -0.3 is 14.8 Å². The second kappa shape index (κ2) is 10.5. The zero-order chi connectivity index (χ0) is 24.1. The fraction of sp³-hybridized carbons (Fsp3) is 0.192. The number of nitrogens with one attached hydrogen (secondary N) is 1. The molecule has 0 aliphatic heterocycles. The van der Waals surface area contributed by atoms with E-state index in [9.17, 15) is 9.18 Å². The van der Waals surface area contributed by atoms with Gasteiger partial charge in [-0.1, -0.05) is 36.9 Å². The maximum atomic E-state index is 13.4. The summed E-state index contributed by atoms with van der Waals surface area (Å²) in [6, 6.07) is 17.2. The molecule has 0 unspecified atom stereocenters.